The summed E-state index contributed by atoms with van der Waals surface area (Å²) in [5.41, 5.74) is 0.0850. The highest BCUT2D eigenvalue weighted by molar-refractivity contribution is 7.89. The molecule has 1 aromatic rings. The lowest BCUT2D eigenvalue weighted by molar-refractivity contribution is -0.125. The van der Waals surface area contributed by atoms with Crippen LogP contribution in [0.4, 0.5) is 5.69 Å². The molecule has 8 nitrogen and oxygen atoms in total. The summed E-state index contributed by atoms with van der Waals surface area (Å²) >= 11 is 6.18. The molecule has 0 aliphatic carbocycles. The SMILES string of the molecule is C=CCN(CC=C)C(=O)/C(C#N)=C\Nc1cc(S(=O)(=O)N2CCOCC2)ccc1Cl. The van der Waals surface area contributed by atoms with Crippen LogP contribution < -0.4 is 5.32 Å². The number of nitriles is 1. The zero-order valence-corrected chi connectivity index (χ0v) is 18.0. The molecule has 0 radical (unpaired) electrons. The van der Waals surface area contributed by atoms with Gasteiger partial charge in [-0.05, 0) is 18.2 Å². The van der Waals surface area contributed by atoms with Crippen molar-refractivity contribution in [2.24, 2.45) is 0 Å². The quantitative estimate of drug-likeness (QED) is 0.352. The predicted octanol–water partition coefficient (Wildman–Crippen LogP) is 2.38. The highest BCUT2D eigenvalue weighted by Crippen LogP contribution is 2.27. The van der Waals surface area contributed by atoms with E-state index in [1.165, 1.54) is 33.6 Å². The Bertz CT molecular complexity index is 969. The Hall–Kier alpha value is -2.64. The average Bonchev–Trinajstić information content (AvgIpc) is 2.75. The lowest BCUT2D eigenvalue weighted by Gasteiger charge is -2.26. The molecule has 1 fully saturated rings. The van der Waals surface area contributed by atoms with Crippen LogP contribution in [0.15, 0.2) is 60.2 Å². The summed E-state index contributed by atoms with van der Waals surface area (Å²) in [4.78, 5) is 14.0. The number of rotatable bonds is 9. The van der Waals surface area contributed by atoms with Gasteiger partial charge in [-0.25, -0.2) is 8.42 Å². The zero-order valence-electron chi connectivity index (χ0n) is 16.4. The first-order chi connectivity index (χ1) is 14.3. The second-order valence-corrected chi connectivity index (χ2v) is 8.60. The number of sulfonamides is 1. The van der Waals surface area contributed by atoms with Crippen molar-refractivity contribution in [1.82, 2.24) is 9.21 Å². The smallest absolute Gasteiger partial charge is 0.266 e. The van der Waals surface area contributed by atoms with Gasteiger partial charge in [-0.1, -0.05) is 23.8 Å². The summed E-state index contributed by atoms with van der Waals surface area (Å²) < 4.78 is 32.2. The van der Waals surface area contributed by atoms with Gasteiger partial charge in [-0.2, -0.15) is 9.57 Å². The Labute approximate surface area is 181 Å². The Morgan fingerprint density at radius 1 is 1.30 bits per heavy atom. The summed E-state index contributed by atoms with van der Waals surface area (Å²) in [5, 5.41) is 12.4. The highest BCUT2D eigenvalue weighted by atomic mass is 35.5. The van der Waals surface area contributed by atoms with Gasteiger partial charge in [0.2, 0.25) is 10.0 Å². The Morgan fingerprint density at radius 3 is 2.50 bits per heavy atom. The molecule has 160 valence electrons. The molecule has 1 aliphatic rings. The van der Waals surface area contributed by atoms with Crippen molar-refractivity contribution in [3.63, 3.8) is 0 Å². The molecular formula is C20H23ClN4O4S. The van der Waals surface area contributed by atoms with Crippen molar-refractivity contribution in [3.8, 4) is 6.07 Å². The second kappa shape index (κ2) is 10.9. The van der Waals surface area contributed by atoms with E-state index < -0.39 is 15.9 Å². The van der Waals surface area contributed by atoms with Gasteiger partial charge >= 0.3 is 0 Å². The number of ether oxygens (including phenoxy) is 1. The van der Waals surface area contributed by atoms with Crippen molar-refractivity contribution in [2.45, 2.75) is 4.90 Å². The van der Waals surface area contributed by atoms with E-state index in [1.807, 2.05) is 6.07 Å². The molecule has 1 saturated heterocycles. The van der Waals surface area contributed by atoms with Crippen LogP contribution in [0.25, 0.3) is 0 Å². The normalized spacial score (nSPS) is 15.1. The minimum Gasteiger partial charge on any atom is -0.379 e. The number of carbonyl (C=O) groups excluding carboxylic acids is 1. The summed E-state index contributed by atoms with van der Waals surface area (Å²) in [7, 11) is -3.72. The highest BCUT2D eigenvalue weighted by Gasteiger charge is 2.27. The third-order valence-electron chi connectivity index (χ3n) is 4.25. The lowest BCUT2D eigenvalue weighted by Crippen LogP contribution is -2.40. The Kier molecular flexibility index (Phi) is 8.62. The molecule has 1 aromatic carbocycles. The van der Waals surface area contributed by atoms with E-state index in [4.69, 9.17) is 16.3 Å². The number of nitrogens with one attached hydrogen (secondary N) is 1. The van der Waals surface area contributed by atoms with Crippen molar-refractivity contribution in [2.75, 3.05) is 44.7 Å². The fourth-order valence-electron chi connectivity index (χ4n) is 2.73. The average molecular weight is 451 g/mol. The van der Waals surface area contributed by atoms with Gasteiger partial charge in [0, 0.05) is 32.4 Å². The van der Waals surface area contributed by atoms with E-state index in [2.05, 4.69) is 18.5 Å². The van der Waals surface area contributed by atoms with Crippen molar-refractivity contribution in [3.05, 3.63) is 60.3 Å². The van der Waals surface area contributed by atoms with Crippen LogP contribution in [0.1, 0.15) is 0 Å². The third kappa shape index (κ3) is 5.70. The lowest BCUT2D eigenvalue weighted by atomic mass is 10.2. The van der Waals surface area contributed by atoms with E-state index in [1.54, 1.807) is 12.2 Å². The fourth-order valence-corrected chi connectivity index (χ4v) is 4.33. The molecule has 0 atom stereocenters. The van der Waals surface area contributed by atoms with Crippen LogP contribution >= 0.6 is 11.6 Å². The molecule has 0 spiro atoms. The minimum absolute atomic E-state index is 0.0504. The summed E-state index contributed by atoms with van der Waals surface area (Å²) in [5.74, 6) is -0.516. The predicted molar refractivity (Wildman–Crippen MR) is 115 cm³/mol. The molecule has 0 unspecified atom stereocenters. The number of halogens is 1. The molecule has 1 heterocycles. The minimum atomic E-state index is -3.72. The van der Waals surface area contributed by atoms with E-state index in [-0.39, 0.29) is 47.4 Å². The van der Waals surface area contributed by atoms with E-state index in [0.29, 0.717) is 13.2 Å². The monoisotopic (exact) mass is 450 g/mol. The molecule has 10 heteroatoms. The summed E-state index contributed by atoms with van der Waals surface area (Å²) in [6.07, 6.45) is 4.29. The molecule has 1 aliphatic heterocycles. The second-order valence-electron chi connectivity index (χ2n) is 6.26. The third-order valence-corrected chi connectivity index (χ3v) is 6.48. The fraction of sp³-hybridized carbons (Fsp3) is 0.300. The van der Waals surface area contributed by atoms with Crippen molar-refractivity contribution in [1.29, 1.82) is 5.26 Å². The van der Waals surface area contributed by atoms with Gasteiger partial charge in [-0.3, -0.25) is 4.79 Å². The van der Waals surface area contributed by atoms with Gasteiger partial charge in [0.15, 0.2) is 0 Å². The molecule has 2 rings (SSSR count). The maximum Gasteiger partial charge on any atom is 0.266 e. The van der Waals surface area contributed by atoms with Gasteiger partial charge < -0.3 is 15.0 Å². The molecule has 0 saturated carbocycles. The van der Waals surface area contributed by atoms with Crippen LogP contribution in [0, 0.1) is 11.3 Å². The number of hydrogen-bond acceptors (Lipinski definition) is 6. The van der Waals surface area contributed by atoms with E-state index in [9.17, 15) is 18.5 Å². The van der Waals surface area contributed by atoms with Crippen molar-refractivity contribution < 1.29 is 17.9 Å². The number of carbonyl (C=O) groups is 1. The number of hydrogen-bond donors (Lipinski definition) is 1. The summed E-state index contributed by atoms with van der Waals surface area (Å²) in [6, 6.07) is 6.07. The molecule has 1 N–H and O–H groups in total. The van der Waals surface area contributed by atoms with Crippen molar-refractivity contribution >= 4 is 33.2 Å². The number of benzene rings is 1. The molecule has 30 heavy (non-hydrogen) atoms. The number of morpholine rings is 1. The van der Waals surface area contributed by atoms with Gasteiger partial charge in [0.1, 0.15) is 11.6 Å². The Balaban J connectivity index is 2.28. The number of nitrogens with zero attached hydrogens (tertiary/aromatic N) is 3. The van der Waals surface area contributed by atoms with Crippen LogP contribution in [0.3, 0.4) is 0 Å². The van der Waals surface area contributed by atoms with Gasteiger partial charge in [-0.15, -0.1) is 13.2 Å². The van der Waals surface area contributed by atoms with Crippen LogP contribution in [0.2, 0.25) is 5.02 Å². The zero-order chi connectivity index (χ0) is 22.1. The van der Waals surface area contributed by atoms with Crippen LogP contribution in [-0.4, -0.2) is 62.9 Å². The maximum absolute atomic E-state index is 12.8. The Morgan fingerprint density at radius 2 is 1.93 bits per heavy atom. The maximum atomic E-state index is 12.8. The van der Waals surface area contributed by atoms with Crippen LogP contribution in [-0.2, 0) is 19.6 Å². The first kappa shape index (κ1) is 23.6. The van der Waals surface area contributed by atoms with E-state index >= 15 is 0 Å². The molecule has 0 aromatic heterocycles. The van der Waals surface area contributed by atoms with Gasteiger partial charge in [0.25, 0.3) is 5.91 Å². The van der Waals surface area contributed by atoms with Crippen LogP contribution in [0.5, 0.6) is 0 Å². The first-order valence-electron chi connectivity index (χ1n) is 9.10. The molecule has 1 amide bonds. The molecule has 0 bridgehead atoms. The van der Waals surface area contributed by atoms with Gasteiger partial charge in [0.05, 0.1) is 28.8 Å². The molecular weight excluding hydrogens is 428 g/mol. The topological polar surface area (TPSA) is 103 Å². The summed E-state index contributed by atoms with van der Waals surface area (Å²) in [6.45, 7) is 8.89. The number of anilines is 1. The number of amides is 1. The first-order valence-corrected chi connectivity index (χ1v) is 10.9. The standard InChI is InChI=1S/C20H23ClN4O4S/c1-3-7-24(8-4-2)20(26)16(14-22)15-23-19-13-17(5-6-18(19)21)30(27,28)25-9-11-29-12-10-25/h3-6,13,15,23H,1-2,7-12H2/b16-15-. The largest absolute Gasteiger partial charge is 0.379 e. The van der Waals surface area contributed by atoms with E-state index in [0.717, 1.165) is 0 Å².